The number of hydrogen-bond acceptors (Lipinski definition) is 5. The van der Waals surface area contributed by atoms with Crippen molar-refractivity contribution in [2.45, 2.75) is 44.1 Å². The third-order valence-electron chi connectivity index (χ3n) is 6.36. The van der Waals surface area contributed by atoms with Crippen molar-refractivity contribution in [1.29, 1.82) is 0 Å². The highest BCUT2D eigenvalue weighted by Gasteiger charge is 2.40. The van der Waals surface area contributed by atoms with Crippen molar-refractivity contribution in [3.8, 4) is 0 Å². The summed E-state index contributed by atoms with van der Waals surface area (Å²) in [5.74, 6) is -0.856. The number of fused-ring (bicyclic) bond motifs is 1. The second-order valence-corrected chi connectivity index (χ2v) is 8.28. The van der Waals surface area contributed by atoms with Crippen molar-refractivity contribution in [1.82, 2.24) is 30.2 Å². The number of piperidine rings is 1. The van der Waals surface area contributed by atoms with Crippen molar-refractivity contribution < 1.29 is 8.78 Å². The molecular weight excluding hydrogens is 388 g/mol. The third kappa shape index (κ3) is 3.64. The molecule has 0 aliphatic carbocycles. The zero-order valence-corrected chi connectivity index (χ0v) is 16.6. The van der Waals surface area contributed by atoms with E-state index in [4.69, 9.17) is 5.73 Å². The van der Waals surface area contributed by atoms with E-state index in [2.05, 4.69) is 30.2 Å². The fourth-order valence-corrected chi connectivity index (χ4v) is 4.87. The molecule has 1 fully saturated rings. The van der Waals surface area contributed by atoms with Gasteiger partial charge in [0.1, 0.15) is 11.6 Å². The lowest BCUT2D eigenvalue weighted by Crippen LogP contribution is -2.56. The van der Waals surface area contributed by atoms with Gasteiger partial charge in [-0.1, -0.05) is 0 Å². The van der Waals surface area contributed by atoms with Crippen LogP contribution in [0.2, 0.25) is 0 Å². The summed E-state index contributed by atoms with van der Waals surface area (Å²) in [5, 5.41) is 14.1. The monoisotopic (exact) mass is 413 g/mol. The SMILES string of the molecule is N[C@H]1C[C@@H](N2Cc3c[nH]nc3C2)CN(CCc2cn[nH]c2)C1c1cc(F)ccc1F. The van der Waals surface area contributed by atoms with Crippen LogP contribution in [0.4, 0.5) is 8.78 Å². The number of H-pyrrole nitrogens is 2. The van der Waals surface area contributed by atoms with Gasteiger partial charge < -0.3 is 5.73 Å². The summed E-state index contributed by atoms with van der Waals surface area (Å²) in [4.78, 5) is 4.58. The number of aromatic nitrogens is 4. The van der Waals surface area contributed by atoms with Crippen molar-refractivity contribution in [2.75, 3.05) is 13.1 Å². The molecule has 9 heteroatoms. The number of likely N-dealkylation sites (tertiary alicyclic amines) is 1. The number of halogens is 2. The van der Waals surface area contributed by atoms with E-state index in [9.17, 15) is 8.78 Å². The molecule has 0 spiro atoms. The molecule has 0 saturated carbocycles. The average molecular weight is 413 g/mol. The lowest BCUT2D eigenvalue weighted by atomic mass is 9.87. The van der Waals surface area contributed by atoms with Gasteiger partial charge in [-0.25, -0.2) is 8.78 Å². The standard InChI is InChI=1S/C21H25F2N7/c22-15-1-2-18(23)17(5-15)21-19(24)6-16(30-10-14-9-27-28-20(14)12-30)11-29(21)4-3-13-7-25-26-8-13/h1-2,5,7-9,16,19,21H,3-4,6,10-12,24H2,(H,25,26)(H,27,28)/t16-,19+,21?/m1/s1. The summed E-state index contributed by atoms with van der Waals surface area (Å²) in [6.45, 7) is 3.03. The highest BCUT2D eigenvalue weighted by atomic mass is 19.1. The summed E-state index contributed by atoms with van der Waals surface area (Å²) in [6.07, 6.45) is 7.07. The topological polar surface area (TPSA) is 89.9 Å². The van der Waals surface area contributed by atoms with Crippen LogP contribution in [0, 0.1) is 11.6 Å². The summed E-state index contributed by atoms with van der Waals surface area (Å²) in [5.41, 5.74) is 10.3. The van der Waals surface area contributed by atoms with Gasteiger partial charge in [0, 0.05) is 61.8 Å². The molecule has 2 aliphatic heterocycles. The van der Waals surface area contributed by atoms with Gasteiger partial charge in [-0.15, -0.1) is 0 Å². The number of rotatable bonds is 5. The fraction of sp³-hybridized carbons (Fsp3) is 0.429. The second kappa shape index (κ2) is 7.90. The summed E-state index contributed by atoms with van der Waals surface area (Å²) in [7, 11) is 0. The molecule has 3 atom stereocenters. The predicted octanol–water partition coefficient (Wildman–Crippen LogP) is 2.11. The molecule has 1 aromatic carbocycles. The smallest absolute Gasteiger partial charge is 0.128 e. The second-order valence-electron chi connectivity index (χ2n) is 8.28. The number of hydrogen-bond donors (Lipinski definition) is 3. The Morgan fingerprint density at radius 3 is 2.87 bits per heavy atom. The minimum atomic E-state index is -0.444. The van der Waals surface area contributed by atoms with E-state index in [0.29, 0.717) is 12.1 Å². The molecule has 1 saturated heterocycles. The molecule has 5 rings (SSSR count). The first-order valence-electron chi connectivity index (χ1n) is 10.3. The molecule has 4 N–H and O–H groups in total. The number of nitrogens with one attached hydrogen (secondary N) is 2. The lowest BCUT2D eigenvalue weighted by molar-refractivity contribution is 0.0421. The molecule has 0 bridgehead atoms. The Morgan fingerprint density at radius 1 is 1.17 bits per heavy atom. The Balaban J connectivity index is 1.40. The third-order valence-corrected chi connectivity index (χ3v) is 6.36. The van der Waals surface area contributed by atoms with E-state index in [1.54, 1.807) is 6.20 Å². The summed E-state index contributed by atoms with van der Waals surface area (Å²) in [6, 6.07) is 3.18. The molecule has 158 valence electrons. The zero-order valence-electron chi connectivity index (χ0n) is 16.6. The first-order chi connectivity index (χ1) is 14.6. The van der Waals surface area contributed by atoms with Crippen LogP contribution in [0.15, 0.2) is 36.8 Å². The van der Waals surface area contributed by atoms with E-state index in [0.717, 1.165) is 49.8 Å². The first kappa shape index (κ1) is 19.3. The molecule has 0 amide bonds. The van der Waals surface area contributed by atoms with E-state index < -0.39 is 11.6 Å². The van der Waals surface area contributed by atoms with E-state index in [1.165, 1.54) is 17.7 Å². The van der Waals surface area contributed by atoms with E-state index in [1.807, 2.05) is 12.4 Å². The first-order valence-corrected chi connectivity index (χ1v) is 10.3. The number of aromatic amines is 2. The van der Waals surface area contributed by atoms with Crippen LogP contribution < -0.4 is 5.73 Å². The maximum Gasteiger partial charge on any atom is 0.128 e. The largest absolute Gasteiger partial charge is 0.326 e. The Labute approximate surface area is 173 Å². The zero-order chi connectivity index (χ0) is 20.7. The molecule has 3 aromatic rings. The van der Waals surface area contributed by atoms with Crippen LogP contribution in [-0.2, 0) is 19.5 Å². The Morgan fingerprint density at radius 2 is 2.07 bits per heavy atom. The maximum absolute atomic E-state index is 14.7. The number of benzene rings is 1. The van der Waals surface area contributed by atoms with Crippen LogP contribution in [-0.4, -0.2) is 55.4 Å². The van der Waals surface area contributed by atoms with Crippen LogP contribution in [0.5, 0.6) is 0 Å². The molecule has 4 heterocycles. The van der Waals surface area contributed by atoms with Gasteiger partial charge in [0.15, 0.2) is 0 Å². The van der Waals surface area contributed by atoms with Crippen molar-refractivity contribution in [3.63, 3.8) is 0 Å². The highest BCUT2D eigenvalue weighted by Crippen LogP contribution is 2.36. The van der Waals surface area contributed by atoms with E-state index >= 15 is 0 Å². The average Bonchev–Trinajstić information content (AvgIpc) is 3.45. The predicted molar refractivity (Wildman–Crippen MR) is 107 cm³/mol. The Bertz CT molecular complexity index is 982. The summed E-state index contributed by atoms with van der Waals surface area (Å²) >= 11 is 0. The van der Waals surface area contributed by atoms with Crippen LogP contribution in [0.1, 0.15) is 34.8 Å². The molecule has 2 aliphatic rings. The Hall–Kier alpha value is -2.62. The molecule has 7 nitrogen and oxygen atoms in total. The minimum absolute atomic E-state index is 0.228. The van der Waals surface area contributed by atoms with Crippen molar-refractivity contribution >= 4 is 0 Å². The molecule has 0 radical (unpaired) electrons. The quantitative estimate of drug-likeness (QED) is 0.596. The highest BCUT2D eigenvalue weighted by molar-refractivity contribution is 5.26. The van der Waals surface area contributed by atoms with E-state index in [-0.39, 0.29) is 18.1 Å². The fourth-order valence-electron chi connectivity index (χ4n) is 4.87. The van der Waals surface area contributed by atoms with Crippen molar-refractivity contribution in [3.05, 3.63) is 70.8 Å². The van der Waals surface area contributed by atoms with Gasteiger partial charge in [-0.05, 0) is 36.6 Å². The lowest BCUT2D eigenvalue weighted by Gasteiger charge is -2.46. The normalized spacial score (nSPS) is 25.0. The van der Waals surface area contributed by atoms with Gasteiger partial charge in [-0.3, -0.25) is 20.0 Å². The summed E-state index contributed by atoms with van der Waals surface area (Å²) < 4.78 is 28.6. The number of nitrogens with zero attached hydrogens (tertiary/aromatic N) is 4. The van der Waals surface area contributed by atoms with Gasteiger partial charge in [0.25, 0.3) is 0 Å². The van der Waals surface area contributed by atoms with Crippen LogP contribution >= 0.6 is 0 Å². The van der Waals surface area contributed by atoms with Crippen LogP contribution in [0.25, 0.3) is 0 Å². The minimum Gasteiger partial charge on any atom is -0.326 e. The van der Waals surface area contributed by atoms with Gasteiger partial charge in [0.05, 0.1) is 17.9 Å². The molecular formula is C21H25F2N7. The van der Waals surface area contributed by atoms with Crippen LogP contribution in [0.3, 0.4) is 0 Å². The Kier molecular flexibility index (Phi) is 5.10. The molecule has 1 unspecified atom stereocenters. The van der Waals surface area contributed by atoms with Gasteiger partial charge in [0.2, 0.25) is 0 Å². The molecule has 30 heavy (non-hydrogen) atoms. The van der Waals surface area contributed by atoms with Gasteiger partial charge in [-0.2, -0.15) is 10.2 Å². The maximum atomic E-state index is 14.7. The molecule has 2 aromatic heterocycles. The number of nitrogens with two attached hydrogens (primary N) is 1. The van der Waals surface area contributed by atoms with Crippen molar-refractivity contribution in [2.24, 2.45) is 5.73 Å². The van der Waals surface area contributed by atoms with Gasteiger partial charge >= 0.3 is 0 Å².